The molecule has 1 amide bonds. The number of benzene rings is 2. The van der Waals surface area contributed by atoms with Crippen molar-refractivity contribution in [2.24, 2.45) is 5.16 Å². The van der Waals surface area contributed by atoms with Crippen molar-refractivity contribution in [3.05, 3.63) is 60.2 Å². The molecule has 0 saturated heterocycles. The number of nitrogens with one attached hydrogen (secondary N) is 1. The first-order chi connectivity index (χ1) is 12.5. The number of oxime groups is 1. The Morgan fingerprint density at radius 1 is 1.08 bits per heavy atom. The van der Waals surface area contributed by atoms with Gasteiger partial charge in [0, 0.05) is 12.1 Å². The van der Waals surface area contributed by atoms with Gasteiger partial charge in [0.25, 0.3) is 5.91 Å². The Kier molecular flexibility index (Phi) is 6.73. The molecule has 7 heteroatoms. The number of anilines is 1. The highest BCUT2D eigenvalue weighted by molar-refractivity contribution is 6.02. The lowest BCUT2D eigenvalue weighted by Crippen LogP contribution is -2.30. The number of para-hydroxylation sites is 1. The number of rotatable bonds is 8. The third kappa shape index (κ3) is 5.62. The largest absolute Gasteiger partial charge is 0.481 e. The first-order valence-corrected chi connectivity index (χ1v) is 8.05. The molecule has 0 heterocycles. The number of carboxylic acid groups (broad SMARTS) is 1. The Balaban J connectivity index is 1.95. The van der Waals surface area contributed by atoms with Crippen molar-refractivity contribution >= 4 is 23.3 Å². The second kappa shape index (κ2) is 9.22. The van der Waals surface area contributed by atoms with Crippen LogP contribution in [-0.4, -0.2) is 34.0 Å². The van der Waals surface area contributed by atoms with Crippen molar-refractivity contribution in [3.8, 4) is 5.75 Å². The molecule has 0 aromatic heterocycles. The molecular weight excluding hydrogens is 336 g/mol. The number of nitrogens with zero attached hydrogens (tertiary/aromatic N) is 1. The van der Waals surface area contributed by atoms with Crippen molar-refractivity contribution in [2.45, 2.75) is 25.9 Å². The fourth-order valence-corrected chi connectivity index (χ4v) is 2.22. The van der Waals surface area contributed by atoms with E-state index in [-0.39, 0.29) is 24.5 Å². The van der Waals surface area contributed by atoms with Crippen LogP contribution >= 0.6 is 0 Å². The highest BCUT2D eigenvalue weighted by atomic mass is 16.5. The maximum absolute atomic E-state index is 12.2. The maximum atomic E-state index is 12.2. The van der Waals surface area contributed by atoms with Crippen LogP contribution < -0.4 is 10.1 Å². The van der Waals surface area contributed by atoms with Crippen LogP contribution in [0.5, 0.6) is 5.75 Å². The molecule has 0 saturated carbocycles. The molecule has 0 aliphatic carbocycles. The van der Waals surface area contributed by atoms with Crippen LogP contribution in [0.25, 0.3) is 0 Å². The maximum Gasteiger partial charge on any atom is 0.303 e. The molecule has 26 heavy (non-hydrogen) atoms. The van der Waals surface area contributed by atoms with E-state index in [2.05, 4.69) is 10.5 Å². The second-order valence-electron chi connectivity index (χ2n) is 5.58. The zero-order chi connectivity index (χ0) is 18.9. The quantitative estimate of drug-likeness (QED) is 0.382. The molecular formula is C19H20N2O5. The van der Waals surface area contributed by atoms with E-state index in [1.54, 1.807) is 43.3 Å². The lowest BCUT2D eigenvalue weighted by Gasteiger charge is -2.15. The highest BCUT2D eigenvalue weighted by Gasteiger charge is 2.15. The van der Waals surface area contributed by atoms with Crippen LogP contribution in [0.2, 0.25) is 0 Å². The molecule has 0 fully saturated rings. The third-order valence-electron chi connectivity index (χ3n) is 3.61. The molecule has 0 aliphatic rings. The van der Waals surface area contributed by atoms with Crippen LogP contribution in [0.15, 0.2) is 59.8 Å². The molecule has 0 spiro atoms. The summed E-state index contributed by atoms with van der Waals surface area (Å²) in [7, 11) is 0. The number of hydrogen-bond acceptors (Lipinski definition) is 5. The van der Waals surface area contributed by atoms with E-state index >= 15 is 0 Å². The van der Waals surface area contributed by atoms with Crippen molar-refractivity contribution in [1.82, 2.24) is 0 Å². The average Bonchev–Trinajstić information content (AvgIpc) is 2.64. The van der Waals surface area contributed by atoms with Crippen molar-refractivity contribution in [2.75, 3.05) is 5.32 Å². The van der Waals surface area contributed by atoms with Crippen molar-refractivity contribution in [3.63, 3.8) is 0 Å². The number of carbonyl (C=O) groups excluding carboxylic acids is 1. The zero-order valence-electron chi connectivity index (χ0n) is 14.3. The monoisotopic (exact) mass is 356 g/mol. The number of aliphatic carboxylic acids is 1. The van der Waals surface area contributed by atoms with Crippen LogP contribution in [0.3, 0.4) is 0 Å². The first kappa shape index (κ1) is 19.0. The average molecular weight is 356 g/mol. The SMILES string of the molecule is CC(Oc1ccccc1)C(=O)Nc1ccc(C(CCC(=O)O)=NO)cc1. The molecule has 2 rings (SSSR count). The molecule has 0 aliphatic heterocycles. The molecule has 136 valence electrons. The van der Waals surface area contributed by atoms with E-state index in [0.29, 0.717) is 17.0 Å². The second-order valence-corrected chi connectivity index (χ2v) is 5.58. The van der Waals surface area contributed by atoms with Gasteiger partial charge in [-0.3, -0.25) is 9.59 Å². The Hall–Kier alpha value is -3.35. The fourth-order valence-electron chi connectivity index (χ4n) is 2.22. The number of amides is 1. The summed E-state index contributed by atoms with van der Waals surface area (Å²) in [4.78, 5) is 22.8. The molecule has 3 N–H and O–H groups in total. The lowest BCUT2D eigenvalue weighted by molar-refractivity contribution is -0.136. The summed E-state index contributed by atoms with van der Waals surface area (Å²) in [5.41, 5.74) is 1.41. The Morgan fingerprint density at radius 2 is 1.73 bits per heavy atom. The highest BCUT2D eigenvalue weighted by Crippen LogP contribution is 2.15. The summed E-state index contributed by atoms with van der Waals surface area (Å²) >= 11 is 0. The molecule has 0 bridgehead atoms. The Bertz CT molecular complexity index is 772. The standard InChI is InChI=1S/C19H20N2O5/c1-13(26-16-5-3-2-4-6-16)19(24)20-15-9-7-14(8-10-15)17(21-25)11-12-18(22)23/h2-10,13,25H,11-12H2,1H3,(H,20,24)(H,22,23). The van der Waals surface area contributed by atoms with Crippen LogP contribution in [0.1, 0.15) is 25.3 Å². The van der Waals surface area contributed by atoms with Gasteiger partial charge < -0.3 is 20.4 Å². The Labute approximate surface area is 150 Å². The summed E-state index contributed by atoms with van der Waals surface area (Å²) in [6, 6.07) is 15.6. The van der Waals surface area contributed by atoms with Crippen LogP contribution in [-0.2, 0) is 9.59 Å². The van der Waals surface area contributed by atoms with Gasteiger partial charge in [0.1, 0.15) is 5.75 Å². The fraction of sp³-hybridized carbons (Fsp3) is 0.211. The lowest BCUT2D eigenvalue weighted by atomic mass is 10.1. The van der Waals surface area contributed by atoms with E-state index in [9.17, 15) is 9.59 Å². The number of hydrogen-bond donors (Lipinski definition) is 3. The molecule has 7 nitrogen and oxygen atoms in total. The van der Waals surface area contributed by atoms with E-state index in [1.807, 2.05) is 18.2 Å². The molecule has 2 aromatic carbocycles. The first-order valence-electron chi connectivity index (χ1n) is 8.05. The smallest absolute Gasteiger partial charge is 0.303 e. The van der Waals surface area contributed by atoms with E-state index in [4.69, 9.17) is 15.1 Å². The molecule has 0 radical (unpaired) electrons. The van der Waals surface area contributed by atoms with Crippen molar-refractivity contribution < 1.29 is 24.6 Å². The normalized spacial score (nSPS) is 12.3. The Morgan fingerprint density at radius 3 is 2.31 bits per heavy atom. The third-order valence-corrected chi connectivity index (χ3v) is 3.61. The summed E-state index contributed by atoms with van der Waals surface area (Å²) < 4.78 is 5.56. The van der Waals surface area contributed by atoms with Gasteiger partial charge in [-0.25, -0.2) is 0 Å². The van der Waals surface area contributed by atoms with E-state index < -0.39 is 12.1 Å². The molecule has 1 atom stereocenters. The van der Waals surface area contributed by atoms with E-state index in [0.717, 1.165) is 0 Å². The number of carbonyl (C=O) groups is 2. The summed E-state index contributed by atoms with van der Waals surface area (Å²) in [5, 5.41) is 23.6. The topological polar surface area (TPSA) is 108 Å². The van der Waals surface area contributed by atoms with Gasteiger partial charge in [0.2, 0.25) is 0 Å². The summed E-state index contributed by atoms with van der Waals surface area (Å²) in [6.45, 7) is 1.65. The van der Waals surface area contributed by atoms with E-state index in [1.165, 1.54) is 0 Å². The van der Waals surface area contributed by atoms with Crippen LogP contribution in [0, 0.1) is 0 Å². The van der Waals surface area contributed by atoms with Crippen molar-refractivity contribution in [1.29, 1.82) is 0 Å². The summed E-state index contributed by atoms with van der Waals surface area (Å²) in [6.07, 6.45) is -0.701. The molecule has 1 unspecified atom stereocenters. The number of carboxylic acids is 1. The minimum absolute atomic E-state index is 0.111. The van der Waals surface area contributed by atoms with Gasteiger partial charge in [-0.1, -0.05) is 35.5 Å². The van der Waals surface area contributed by atoms with Gasteiger partial charge in [0.05, 0.1) is 12.1 Å². The summed E-state index contributed by atoms with van der Waals surface area (Å²) in [5.74, 6) is -0.668. The predicted octanol–water partition coefficient (Wildman–Crippen LogP) is 3.14. The van der Waals surface area contributed by atoms with Gasteiger partial charge in [-0.05, 0) is 36.8 Å². The molecule has 2 aromatic rings. The van der Waals surface area contributed by atoms with Gasteiger partial charge in [-0.15, -0.1) is 0 Å². The van der Waals surface area contributed by atoms with Crippen LogP contribution in [0.4, 0.5) is 5.69 Å². The zero-order valence-corrected chi connectivity index (χ0v) is 14.3. The minimum atomic E-state index is -0.970. The van der Waals surface area contributed by atoms with Gasteiger partial charge >= 0.3 is 5.97 Å². The predicted molar refractivity (Wildman–Crippen MR) is 96.8 cm³/mol. The number of ether oxygens (including phenoxy) is 1. The van der Waals surface area contributed by atoms with Gasteiger partial charge in [0.15, 0.2) is 6.10 Å². The minimum Gasteiger partial charge on any atom is -0.481 e. The van der Waals surface area contributed by atoms with Gasteiger partial charge in [-0.2, -0.15) is 0 Å².